The highest BCUT2D eigenvalue weighted by Crippen LogP contribution is 2.42. The summed E-state index contributed by atoms with van der Waals surface area (Å²) in [5.74, 6) is 2.94. The Morgan fingerprint density at radius 1 is 1.09 bits per heavy atom. The monoisotopic (exact) mass is 324 g/mol. The second-order valence-electron chi connectivity index (χ2n) is 7.65. The van der Waals surface area contributed by atoms with Crippen molar-refractivity contribution in [2.75, 3.05) is 5.75 Å². The molecule has 1 amide bonds. The molecule has 3 aliphatic rings. The molecule has 3 nitrogen and oxygen atoms in total. The van der Waals surface area contributed by atoms with Gasteiger partial charge in [0.15, 0.2) is 0 Å². The standard InChI is InChI=1S/C18H32N2OS/c1-2-22-16-8-4-7-15(11-16)20-18(21)14-9-12-5-3-6-13(10-14)17(12)19/h12-17H,2-11,19H2,1H3,(H,20,21). The van der Waals surface area contributed by atoms with Gasteiger partial charge in [0.1, 0.15) is 0 Å². The van der Waals surface area contributed by atoms with Gasteiger partial charge in [0, 0.05) is 23.3 Å². The predicted molar refractivity (Wildman–Crippen MR) is 93.8 cm³/mol. The molecule has 2 bridgehead atoms. The molecule has 4 unspecified atom stereocenters. The topological polar surface area (TPSA) is 55.1 Å². The molecule has 3 aliphatic carbocycles. The zero-order valence-electron chi connectivity index (χ0n) is 13.9. The van der Waals surface area contributed by atoms with Crippen LogP contribution in [0.25, 0.3) is 0 Å². The SMILES string of the molecule is CCSC1CCCC(NC(=O)C2CC3CCCC(C2)C3N)C1. The fraction of sp³-hybridized carbons (Fsp3) is 0.944. The van der Waals surface area contributed by atoms with Crippen LogP contribution in [0.5, 0.6) is 0 Å². The Labute approximate surface area is 139 Å². The fourth-order valence-electron chi connectivity index (χ4n) is 4.99. The molecule has 3 fully saturated rings. The van der Waals surface area contributed by atoms with Crippen LogP contribution >= 0.6 is 11.8 Å². The summed E-state index contributed by atoms with van der Waals surface area (Å²) >= 11 is 2.06. The molecule has 22 heavy (non-hydrogen) atoms. The van der Waals surface area contributed by atoms with Crippen LogP contribution in [0.3, 0.4) is 0 Å². The van der Waals surface area contributed by atoms with Gasteiger partial charge >= 0.3 is 0 Å². The molecule has 0 aliphatic heterocycles. The molecular formula is C18H32N2OS. The van der Waals surface area contributed by atoms with E-state index in [1.165, 1.54) is 50.7 Å². The first-order chi connectivity index (χ1) is 10.7. The lowest BCUT2D eigenvalue weighted by molar-refractivity contribution is -0.128. The van der Waals surface area contributed by atoms with Crippen LogP contribution < -0.4 is 11.1 Å². The minimum atomic E-state index is 0.231. The van der Waals surface area contributed by atoms with Gasteiger partial charge in [0.25, 0.3) is 0 Å². The molecule has 0 saturated heterocycles. The molecular weight excluding hydrogens is 292 g/mol. The van der Waals surface area contributed by atoms with Gasteiger partial charge in [-0.05, 0) is 62.5 Å². The maximum Gasteiger partial charge on any atom is 0.223 e. The number of carbonyl (C=O) groups excluding carboxylic acids is 1. The lowest BCUT2D eigenvalue weighted by Crippen LogP contribution is -2.50. The van der Waals surface area contributed by atoms with E-state index in [0.29, 0.717) is 29.8 Å². The van der Waals surface area contributed by atoms with Gasteiger partial charge in [0.2, 0.25) is 5.91 Å². The number of hydrogen-bond donors (Lipinski definition) is 2. The highest BCUT2D eigenvalue weighted by atomic mass is 32.2. The Balaban J connectivity index is 1.51. The summed E-state index contributed by atoms with van der Waals surface area (Å²) in [6.45, 7) is 2.23. The largest absolute Gasteiger partial charge is 0.353 e. The Kier molecular flexibility index (Phi) is 5.72. The van der Waals surface area contributed by atoms with Gasteiger partial charge < -0.3 is 11.1 Å². The summed E-state index contributed by atoms with van der Waals surface area (Å²) in [5, 5.41) is 4.14. The number of hydrogen-bond acceptors (Lipinski definition) is 3. The first kappa shape index (κ1) is 16.6. The third-order valence-corrected chi connectivity index (χ3v) is 7.39. The van der Waals surface area contributed by atoms with Gasteiger partial charge in [-0.1, -0.05) is 19.8 Å². The molecule has 3 rings (SSSR count). The van der Waals surface area contributed by atoms with Gasteiger partial charge in [-0.3, -0.25) is 4.79 Å². The van der Waals surface area contributed by atoms with E-state index in [0.717, 1.165) is 18.1 Å². The molecule has 0 aromatic heterocycles. The number of fused-ring (bicyclic) bond motifs is 2. The van der Waals surface area contributed by atoms with Crippen molar-refractivity contribution < 1.29 is 4.79 Å². The quantitative estimate of drug-likeness (QED) is 0.834. The van der Waals surface area contributed by atoms with Crippen molar-refractivity contribution in [2.24, 2.45) is 23.5 Å². The second kappa shape index (κ2) is 7.57. The van der Waals surface area contributed by atoms with Crippen LogP contribution in [0.2, 0.25) is 0 Å². The molecule has 0 spiro atoms. The van der Waals surface area contributed by atoms with Crippen molar-refractivity contribution in [1.82, 2.24) is 5.32 Å². The minimum Gasteiger partial charge on any atom is -0.353 e. The minimum absolute atomic E-state index is 0.231. The average Bonchev–Trinajstić information content (AvgIpc) is 2.47. The van der Waals surface area contributed by atoms with Crippen LogP contribution in [0.4, 0.5) is 0 Å². The molecule has 0 heterocycles. The van der Waals surface area contributed by atoms with E-state index in [9.17, 15) is 4.79 Å². The number of rotatable bonds is 4. The van der Waals surface area contributed by atoms with E-state index in [-0.39, 0.29) is 5.92 Å². The molecule has 4 atom stereocenters. The number of nitrogens with one attached hydrogen (secondary N) is 1. The maximum atomic E-state index is 12.7. The molecule has 0 aromatic rings. The molecule has 0 radical (unpaired) electrons. The molecule has 126 valence electrons. The number of carbonyl (C=O) groups is 1. The summed E-state index contributed by atoms with van der Waals surface area (Å²) in [6, 6.07) is 0.776. The third-order valence-electron chi connectivity index (χ3n) is 6.16. The Morgan fingerprint density at radius 2 is 1.77 bits per heavy atom. The van der Waals surface area contributed by atoms with Crippen molar-refractivity contribution in [2.45, 2.75) is 82.0 Å². The van der Waals surface area contributed by atoms with E-state index < -0.39 is 0 Å². The summed E-state index contributed by atoms with van der Waals surface area (Å²) in [7, 11) is 0. The van der Waals surface area contributed by atoms with Crippen molar-refractivity contribution in [3.8, 4) is 0 Å². The van der Waals surface area contributed by atoms with Gasteiger partial charge in [-0.2, -0.15) is 11.8 Å². The summed E-state index contributed by atoms with van der Waals surface area (Å²) in [5.41, 5.74) is 6.35. The Bertz CT molecular complexity index is 373. The molecule has 4 heteroatoms. The van der Waals surface area contributed by atoms with Crippen LogP contribution in [0, 0.1) is 17.8 Å². The summed E-state index contributed by atoms with van der Waals surface area (Å²) in [6.07, 6.45) is 10.8. The summed E-state index contributed by atoms with van der Waals surface area (Å²) in [4.78, 5) is 12.7. The van der Waals surface area contributed by atoms with E-state index in [1.54, 1.807) is 0 Å². The van der Waals surface area contributed by atoms with Crippen LogP contribution in [-0.4, -0.2) is 29.0 Å². The summed E-state index contributed by atoms with van der Waals surface area (Å²) < 4.78 is 0. The maximum absolute atomic E-state index is 12.7. The zero-order valence-corrected chi connectivity index (χ0v) is 14.7. The van der Waals surface area contributed by atoms with Crippen molar-refractivity contribution in [1.29, 1.82) is 0 Å². The van der Waals surface area contributed by atoms with Crippen LogP contribution in [0.1, 0.15) is 64.7 Å². The van der Waals surface area contributed by atoms with Gasteiger partial charge in [-0.15, -0.1) is 0 Å². The van der Waals surface area contributed by atoms with E-state index in [4.69, 9.17) is 5.73 Å². The number of amides is 1. The smallest absolute Gasteiger partial charge is 0.223 e. The average molecular weight is 325 g/mol. The molecule has 3 saturated carbocycles. The second-order valence-corrected chi connectivity index (χ2v) is 9.22. The Hall–Kier alpha value is -0.220. The van der Waals surface area contributed by atoms with Gasteiger partial charge in [0.05, 0.1) is 0 Å². The first-order valence-electron chi connectivity index (χ1n) is 9.35. The van der Waals surface area contributed by atoms with Crippen LogP contribution in [0.15, 0.2) is 0 Å². The Morgan fingerprint density at radius 3 is 2.45 bits per heavy atom. The van der Waals surface area contributed by atoms with Crippen molar-refractivity contribution in [3.63, 3.8) is 0 Å². The van der Waals surface area contributed by atoms with E-state index in [1.807, 2.05) is 0 Å². The predicted octanol–water partition coefficient (Wildman–Crippen LogP) is 3.32. The fourth-order valence-corrected chi connectivity index (χ4v) is 6.16. The molecule has 0 aromatic carbocycles. The van der Waals surface area contributed by atoms with Crippen molar-refractivity contribution in [3.05, 3.63) is 0 Å². The van der Waals surface area contributed by atoms with Crippen LogP contribution in [-0.2, 0) is 4.79 Å². The van der Waals surface area contributed by atoms with Gasteiger partial charge in [-0.25, -0.2) is 0 Å². The molecule has 3 N–H and O–H groups in total. The third kappa shape index (κ3) is 3.81. The highest BCUT2D eigenvalue weighted by molar-refractivity contribution is 7.99. The number of nitrogens with two attached hydrogens (primary N) is 1. The number of thioether (sulfide) groups is 1. The lowest BCUT2D eigenvalue weighted by atomic mass is 9.65. The first-order valence-corrected chi connectivity index (χ1v) is 10.4. The normalized spacial score (nSPS) is 41.9. The van der Waals surface area contributed by atoms with E-state index in [2.05, 4.69) is 24.0 Å². The van der Waals surface area contributed by atoms with E-state index >= 15 is 0 Å². The van der Waals surface area contributed by atoms with Crippen molar-refractivity contribution >= 4 is 17.7 Å². The highest BCUT2D eigenvalue weighted by Gasteiger charge is 2.41. The lowest BCUT2D eigenvalue weighted by Gasteiger charge is -2.44. The zero-order chi connectivity index (χ0) is 15.5.